The number of methoxy groups -OCH3 is 1. The molecule has 1 aromatic heterocycles. The van der Waals surface area contributed by atoms with Crippen LogP contribution < -0.4 is 14.4 Å². The van der Waals surface area contributed by atoms with Crippen LogP contribution in [0.15, 0.2) is 101 Å². The zero-order valence-corrected chi connectivity index (χ0v) is 23.2. The lowest BCUT2D eigenvalue weighted by Gasteiger charge is -2.23. The lowest BCUT2D eigenvalue weighted by atomic mass is 9.95. The number of benzene rings is 3. The van der Waals surface area contributed by atoms with Gasteiger partial charge < -0.3 is 14.6 Å². The summed E-state index contributed by atoms with van der Waals surface area (Å²) in [6.07, 6.45) is 1.62. The number of carbonyl (C=O) groups excluding carboxylic acids is 2. The van der Waals surface area contributed by atoms with Crippen molar-refractivity contribution in [2.24, 2.45) is 0 Å². The van der Waals surface area contributed by atoms with Crippen LogP contribution in [-0.2, 0) is 15.3 Å². The smallest absolute Gasteiger partial charge is 0.301 e. The van der Waals surface area contributed by atoms with Crippen molar-refractivity contribution in [1.29, 1.82) is 0 Å². The van der Waals surface area contributed by atoms with Crippen molar-refractivity contribution < 1.29 is 24.2 Å². The van der Waals surface area contributed by atoms with Crippen LogP contribution in [0, 0.1) is 0 Å². The number of aliphatic hydroxyl groups is 1. The number of anilines is 1. The molecule has 0 bridgehead atoms. The van der Waals surface area contributed by atoms with Gasteiger partial charge in [-0.05, 0) is 47.5 Å². The van der Waals surface area contributed by atoms with E-state index in [9.17, 15) is 14.7 Å². The first-order valence-corrected chi connectivity index (χ1v) is 14.1. The maximum atomic E-state index is 13.5. The molecule has 1 saturated heterocycles. The van der Waals surface area contributed by atoms with Gasteiger partial charge in [-0.1, -0.05) is 78.2 Å². The third-order valence-electron chi connectivity index (χ3n) is 6.16. The largest absolute Gasteiger partial charge is 0.507 e. The van der Waals surface area contributed by atoms with Gasteiger partial charge >= 0.3 is 5.91 Å². The van der Waals surface area contributed by atoms with Gasteiger partial charge in [-0.2, -0.15) is 0 Å². The molecule has 1 unspecified atom stereocenters. The Morgan fingerprint density at radius 3 is 2.55 bits per heavy atom. The number of ether oxygens (including phenoxy) is 2. The number of amides is 1. The summed E-state index contributed by atoms with van der Waals surface area (Å²) in [6.45, 7) is 3.96. The fourth-order valence-corrected chi connectivity index (χ4v) is 6.08. The summed E-state index contributed by atoms with van der Waals surface area (Å²) in [5.41, 5.74) is 2.02. The zero-order chi connectivity index (χ0) is 28.1. The molecule has 1 N–H and O–H groups in total. The first kappa shape index (κ1) is 27.2. The number of thioether (sulfide) groups is 1. The molecule has 10 heteroatoms. The highest BCUT2D eigenvalue weighted by molar-refractivity contribution is 8.00. The summed E-state index contributed by atoms with van der Waals surface area (Å²) >= 11 is 2.71. The minimum Gasteiger partial charge on any atom is -0.507 e. The molecule has 3 aromatic carbocycles. The Morgan fingerprint density at radius 1 is 1.05 bits per heavy atom. The summed E-state index contributed by atoms with van der Waals surface area (Å²) in [5.74, 6) is -0.108. The zero-order valence-electron chi connectivity index (χ0n) is 21.5. The van der Waals surface area contributed by atoms with Gasteiger partial charge in [-0.3, -0.25) is 14.5 Å². The van der Waals surface area contributed by atoms with E-state index in [1.165, 1.54) is 35.1 Å². The summed E-state index contributed by atoms with van der Waals surface area (Å²) in [7, 11) is 1.54. The number of hydrogen-bond acceptors (Lipinski definition) is 9. The maximum Gasteiger partial charge on any atom is 0.301 e. The van der Waals surface area contributed by atoms with Gasteiger partial charge in [0.25, 0.3) is 5.78 Å². The summed E-state index contributed by atoms with van der Waals surface area (Å²) in [6, 6.07) is 22.6. The molecule has 1 aliphatic heterocycles. The summed E-state index contributed by atoms with van der Waals surface area (Å²) in [4.78, 5) is 28.2. The number of hydrogen-bond donors (Lipinski definition) is 1. The van der Waals surface area contributed by atoms with Crippen LogP contribution in [-0.4, -0.2) is 40.7 Å². The molecule has 1 atom stereocenters. The molecule has 40 heavy (non-hydrogen) atoms. The number of rotatable bonds is 10. The molecule has 8 nitrogen and oxygen atoms in total. The average Bonchev–Trinajstić information content (AvgIpc) is 3.57. The minimum absolute atomic E-state index is 0.0512. The standard InChI is InChI=1S/C30H25N3O5S2/c1-3-16-38-23-11-7-10-21(17-23)25-24(26(34)20-12-14-22(37-2)15-13-20)27(35)28(36)33(25)29-31-32-30(40-29)39-18-19-8-5-4-6-9-19/h3-15,17,25,34H,1,16,18H2,2H3/b26-24+. The van der Waals surface area contributed by atoms with Crippen LogP contribution in [0.2, 0.25) is 0 Å². The Kier molecular flexibility index (Phi) is 8.28. The number of ketones is 1. The second-order valence-electron chi connectivity index (χ2n) is 8.69. The molecular weight excluding hydrogens is 546 g/mol. The minimum atomic E-state index is -0.950. The molecule has 4 aromatic rings. The van der Waals surface area contributed by atoms with Crippen LogP contribution in [0.1, 0.15) is 22.7 Å². The monoisotopic (exact) mass is 571 g/mol. The number of aliphatic hydroxyl groups excluding tert-OH is 1. The Morgan fingerprint density at radius 2 is 1.82 bits per heavy atom. The molecule has 5 rings (SSSR count). The van der Waals surface area contributed by atoms with Gasteiger partial charge in [0.05, 0.1) is 18.7 Å². The van der Waals surface area contributed by atoms with Crippen molar-refractivity contribution in [3.8, 4) is 11.5 Å². The predicted molar refractivity (Wildman–Crippen MR) is 156 cm³/mol. The Bertz CT molecular complexity index is 1570. The Hall–Kier alpha value is -4.41. The second kappa shape index (κ2) is 12.2. The molecule has 202 valence electrons. The van der Waals surface area contributed by atoms with Crippen molar-refractivity contribution in [2.45, 2.75) is 16.1 Å². The summed E-state index contributed by atoms with van der Waals surface area (Å²) < 4.78 is 11.6. The van der Waals surface area contributed by atoms with Gasteiger partial charge in [0.1, 0.15) is 23.9 Å². The van der Waals surface area contributed by atoms with Gasteiger partial charge in [0.15, 0.2) is 4.34 Å². The van der Waals surface area contributed by atoms with Crippen LogP contribution in [0.5, 0.6) is 11.5 Å². The van der Waals surface area contributed by atoms with Gasteiger partial charge in [0, 0.05) is 11.3 Å². The molecule has 0 radical (unpaired) electrons. The number of Topliss-reactive ketones (excluding diaryl/α,β-unsaturated/α-hetero) is 1. The van der Waals surface area contributed by atoms with E-state index in [-0.39, 0.29) is 23.1 Å². The molecular formula is C30H25N3O5S2. The van der Waals surface area contributed by atoms with Crippen LogP contribution in [0.4, 0.5) is 5.13 Å². The first-order valence-electron chi connectivity index (χ1n) is 12.3. The van der Waals surface area contributed by atoms with Crippen molar-refractivity contribution in [3.05, 3.63) is 114 Å². The van der Waals surface area contributed by atoms with Crippen molar-refractivity contribution in [1.82, 2.24) is 10.2 Å². The molecule has 1 fully saturated rings. The Balaban J connectivity index is 1.56. The maximum absolute atomic E-state index is 13.5. The molecule has 1 amide bonds. The van der Waals surface area contributed by atoms with E-state index in [0.717, 1.165) is 5.56 Å². The van der Waals surface area contributed by atoms with Crippen molar-refractivity contribution >= 4 is 45.7 Å². The quantitative estimate of drug-likeness (QED) is 0.0615. The normalized spacial score (nSPS) is 16.2. The Labute approximate surface area is 239 Å². The van der Waals surface area contributed by atoms with Gasteiger partial charge in [-0.15, -0.1) is 10.2 Å². The van der Waals surface area contributed by atoms with Crippen LogP contribution >= 0.6 is 23.1 Å². The second-order valence-corrected chi connectivity index (χ2v) is 10.9. The number of carbonyl (C=O) groups is 2. The highest BCUT2D eigenvalue weighted by Gasteiger charge is 2.48. The van der Waals surface area contributed by atoms with E-state index < -0.39 is 17.7 Å². The molecule has 0 aliphatic carbocycles. The number of aromatic nitrogens is 2. The fourth-order valence-electron chi connectivity index (χ4n) is 4.26. The molecule has 2 heterocycles. The molecule has 1 aliphatic rings. The SMILES string of the molecule is C=CCOc1cccc(C2/C(=C(\O)c3ccc(OC)cc3)C(=O)C(=O)N2c2nnc(SCc3ccccc3)s2)c1. The number of nitrogens with zero attached hydrogens (tertiary/aromatic N) is 3. The lowest BCUT2D eigenvalue weighted by Crippen LogP contribution is -2.29. The van der Waals surface area contributed by atoms with E-state index in [0.29, 0.717) is 32.7 Å². The first-order chi connectivity index (χ1) is 19.5. The van der Waals surface area contributed by atoms with E-state index in [1.807, 2.05) is 30.3 Å². The van der Waals surface area contributed by atoms with E-state index >= 15 is 0 Å². The molecule has 0 saturated carbocycles. The summed E-state index contributed by atoms with van der Waals surface area (Å²) in [5, 5.41) is 20.1. The van der Waals surface area contributed by atoms with E-state index in [4.69, 9.17) is 9.47 Å². The van der Waals surface area contributed by atoms with Crippen molar-refractivity contribution in [2.75, 3.05) is 18.6 Å². The predicted octanol–water partition coefficient (Wildman–Crippen LogP) is 6.03. The highest BCUT2D eigenvalue weighted by Crippen LogP contribution is 2.44. The molecule has 0 spiro atoms. The van der Waals surface area contributed by atoms with E-state index in [2.05, 4.69) is 16.8 Å². The van der Waals surface area contributed by atoms with Crippen LogP contribution in [0.3, 0.4) is 0 Å². The third kappa shape index (κ3) is 5.63. The lowest BCUT2D eigenvalue weighted by molar-refractivity contribution is -0.132. The van der Waals surface area contributed by atoms with Gasteiger partial charge in [0.2, 0.25) is 5.13 Å². The van der Waals surface area contributed by atoms with Gasteiger partial charge in [-0.25, -0.2) is 0 Å². The average molecular weight is 572 g/mol. The van der Waals surface area contributed by atoms with Crippen molar-refractivity contribution in [3.63, 3.8) is 0 Å². The van der Waals surface area contributed by atoms with Crippen LogP contribution in [0.25, 0.3) is 5.76 Å². The fraction of sp³-hybridized carbons (Fsp3) is 0.133. The highest BCUT2D eigenvalue weighted by atomic mass is 32.2. The third-order valence-corrected chi connectivity index (χ3v) is 8.28. The van der Waals surface area contributed by atoms with E-state index in [1.54, 1.807) is 54.6 Å². The topological polar surface area (TPSA) is 102 Å².